The van der Waals surface area contributed by atoms with E-state index < -0.39 is 23.7 Å². The first-order valence-electron chi connectivity index (χ1n) is 7.45. The summed E-state index contributed by atoms with van der Waals surface area (Å²) in [5.74, 6) is -0.624. The van der Waals surface area contributed by atoms with Crippen molar-refractivity contribution < 1.29 is 23.9 Å². The van der Waals surface area contributed by atoms with E-state index in [-0.39, 0.29) is 17.6 Å². The molecule has 2 rings (SSSR count). The number of carbonyl (C=O) groups excluding carboxylic acids is 3. The molecule has 0 aromatic heterocycles. The van der Waals surface area contributed by atoms with Crippen molar-refractivity contribution in [1.29, 1.82) is 5.26 Å². The van der Waals surface area contributed by atoms with E-state index in [1.165, 1.54) is 0 Å². The monoisotopic (exact) mass is 360 g/mol. The van der Waals surface area contributed by atoms with Gasteiger partial charge in [-0.15, -0.1) is 0 Å². The lowest BCUT2D eigenvalue weighted by Gasteiger charge is -2.13. The number of ether oxygens (including phenoxy) is 2. The van der Waals surface area contributed by atoms with Gasteiger partial charge >= 0.3 is 5.97 Å². The van der Waals surface area contributed by atoms with E-state index in [0.29, 0.717) is 11.3 Å². The molecular formula is C17H16N2O5S. The van der Waals surface area contributed by atoms with Gasteiger partial charge in [-0.2, -0.15) is 5.26 Å². The molecule has 0 radical (unpaired) electrons. The molecule has 0 atom stereocenters. The second kappa shape index (κ2) is 8.35. The Kier molecular flexibility index (Phi) is 6.19. The minimum atomic E-state index is -0.627. The van der Waals surface area contributed by atoms with E-state index in [1.807, 2.05) is 6.07 Å². The van der Waals surface area contributed by atoms with Crippen LogP contribution in [0, 0.1) is 11.3 Å². The van der Waals surface area contributed by atoms with Crippen molar-refractivity contribution in [2.24, 2.45) is 0 Å². The highest BCUT2D eigenvalue weighted by molar-refractivity contribution is 8.18. The maximum absolute atomic E-state index is 12.3. The van der Waals surface area contributed by atoms with E-state index in [2.05, 4.69) is 0 Å². The van der Waals surface area contributed by atoms with Crippen molar-refractivity contribution in [3.05, 3.63) is 34.7 Å². The average Bonchev–Trinajstić information content (AvgIpc) is 2.81. The predicted octanol–water partition coefficient (Wildman–Crippen LogP) is 2.58. The van der Waals surface area contributed by atoms with Crippen molar-refractivity contribution >= 4 is 35.0 Å². The number of amides is 2. The summed E-state index contributed by atoms with van der Waals surface area (Å²) in [6.07, 6.45) is 1.25. The largest absolute Gasteiger partial charge is 0.479 e. The molecule has 7 nitrogen and oxygen atoms in total. The quantitative estimate of drug-likeness (QED) is 0.568. The van der Waals surface area contributed by atoms with Crippen LogP contribution in [0.3, 0.4) is 0 Å². The first-order chi connectivity index (χ1) is 11.9. The van der Waals surface area contributed by atoms with E-state index in [4.69, 9.17) is 14.7 Å². The standard InChI is InChI=1S/C17H16N2O5S/c1-11(2)24-15(20)10-19-16(21)14(25-17(19)22)9-12-3-5-13(6-4-12)23-8-7-18/h3-6,9,11H,8,10H2,1-2H3/b14-9-. The Balaban J connectivity index is 2.06. The number of nitrogens with zero attached hydrogens (tertiary/aromatic N) is 2. The summed E-state index contributed by atoms with van der Waals surface area (Å²) < 4.78 is 10.1. The van der Waals surface area contributed by atoms with Crippen LogP contribution in [0.2, 0.25) is 0 Å². The van der Waals surface area contributed by atoms with E-state index in [1.54, 1.807) is 44.2 Å². The minimum Gasteiger partial charge on any atom is -0.479 e. The molecule has 1 saturated heterocycles. The van der Waals surface area contributed by atoms with Gasteiger partial charge in [0.1, 0.15) is 18.4 Å². The van der Waals surface area contributed by atoms with Gasteiger partial charge in [-0.05, 0) is 49.4 Å². The van der Waals surface area contributed by atoms with Crippen LogP contribution in [-0.4, -0.2) is 41.3 Å². The fraction of sp³-hybridized carbons (Fsp3) is 0.294. The van der Waals surface area contributed by atoms with Gasteiger partial charge in [-0.3, -0.25) is 19.3 Å². The topological polar surface area (TPSA) is 96.7 Å². The van der Waals surface area contributed by atoms with Crippen LogP contribution < -0.4 is 4.74 Å². The molecule has 1 fully saturated rings. The Labute approximate surface area is 149 Å². The molecule has 25 heavy (non-hydrogen) atoms. The zero-order valence-corrected chi connectivity index (χ0v) is 14.5. The molecular weight excluding hydrogens is 344 g/mol. The maximum Gasteiger partial charge on any atom is 0.326 e. The second-order valence-electron chi connectivity index (χ2n) is 5.32. The van der Waals surface area contributed by atoms with E-state index in [9.17, 15) is 14.4 Å². The summed E-state index contributed by atoms with van der Waals surface area (Å²) in [6, 6.07) is 8.59. The van der Waals surface area contributed by atoms with Crippen molar-refractivity contribution in [2.75, 3.05) is 13.2 Å². The molecule has 130 valence electrons. The number of imide groups is 1. The maximum atomic E-state index is 12.3. The zero-order valence-electron chi connectivity index (χ0n) is 13.7. The molecule has 0 saturated carbocycles. The zero-order chi connectivity index (χ0) is 18.4. The van der Waals surface area contributed by atoms with Gasteiger partial charge in [0, 0.05) is 0 Å². The number of nitriles is 1. The van der Waals surface area contributed by atoms with Crippen LogP contribution in [0.4, 0.5) is 4.79 Å². The van der Waals surface area contributed by atoms with Gasteiger partial charge in [0.15, 0.2) is 6.61 Å². The molecule has 1 aliphatic heterocycles. The number of carbonyl (C=O) groups is 3. The van der Waals surface area contributed by atoms with Gasteiger partial charge in [0.05, 0.1) is 11.0 Å². The molecule has 1 aliphatic rings. The van der Waals surface area contributed by atoms with Gasteiger partial charge in [0.2, 0.25) is 0 Å². The van der Waals surface area contributed by atoms with Crippen LogP contribution in [-0.2, 0) is 14.3 Å². The Hall–Kier alpha value is -2.79. The highest BCUT2D eigenvalue weighted by Gasteiger charge is 2.36. The molecule has 8 heteroatoms. The molecule has 1 heterocycles. The highest BCUT2D eigenvalue weighted by atomic mass is 32.2. The minimum absolute atomic E-state index is 0.0509. The third-order valence-electron chi connectivity index (χ3n) is 3.01. The van der Waals surface area contributed by atoms with Crippen molar-refractivity contribution in [2.45, 2.75) is 20.0 Å². The number of benzene rings is 1. The lowest BCUT2D eigenvalue weighted by molar-refractivity contribution is -0.149. The molecule has 1 aromatic carbocycles. The normalized spacial score (nSPS) is 15.6. The molecule has 0 spiro atoms. The van der Waals surface area contributed by atoms with Crippen molar-refractivity contribution in [3.63, 3.8) is 0 Å². The average molecular weight is 360 g/mol. The summed E-state index contributed by atoms with van der Waals surface area (Å²) in [6.45, 7) is 2.93. The fourth-order valence-corrected chi connectivity index (χ4v) is 2.83. The van der Waals surface area contributed by atoms with Crippen LogP contribution >= 0.6 is 11.8 Å². The molecule has 1 aromatic rings. The first kappa shape index (κ1) is 18.5. The number of hydrogen-bond acceptors (Lipinski definition) is 7. The van der Waals surface area contributed by atoms with Crippen LogP contribution in [0.15, 0.2) is 29.2 Å². The predicted molar refractivity (Wildman–Crippen MR) is 91.5 cm³/mol. The van der Waals surface area contributed by atoms with Gasteiger partial charge in [0.25, 0.3) is 11.1 Å². The summed E-state index contributed by atoms with van der Waals surface area (Å²) in [5.41, 5.74) is 0.694. The summed E-state index contributed by atoms with van der Waals surface area (Å²) in [7, 11) is 0. The molecule has 2 amide bonds. The number of rotatable bonds is 6. The molecule has 0 unspecified atom stereocenters. The number of hydrogen-bond donors (Lipinski definition) is 0. The Bertz CT molecular complexity index is 749. The van der Waals surface area contributed by atoms with Gasteiger partial charge in [-0.1, -0.05) is 12.1 Å². The Morgan fingerprint density at radius 1 is 1.32 bits per heavy atom. The van der Waals surface area contributed by atoms with Crippen molar-refractivity contribution in [3.8, 4) is 11.8 Å². The highest BCUT2D eigenvalue weighted by Crippen LogP contribution is 2.32. The Morgan fingerprint density at radius 2 is 2.00 bits per heavy atom. The smallest absolute Gasteiger partial charge is 0.326 e. The summed E-state index contributed by atoms with van der Waals surface area (Å²) in [4.78, 5) is 37.0. The van der Waals surface area contributed by atoms with Gasteiger partial charge in [-0.25, -0.2) is 0 Å². The second-order valence-corrected chi connectivity index (χ2v) is 6.32. The van der Waals surface area contributed by atoms with Crippen LogP contribution in [0.5, 0.6) is 5.75 Å². The number of esters is 1. The fourth-order valence-electron chi connectivity index (χ4n) is 1.99. The third kappa shape index (κ3) is 5.09. The lowest BCUT2D eigenvalue weighted by Crippen LogP contribution is -2.35. The van der Waals surface area contributed by atoms with E-state index >= 15 is 0 Å². The van der Waals surface area contributed by atoms with Crippen LogP contribution in [0.25, 0.3) is 6.08 Å². The first-order valence-corrected chi connectivity index (χ1v) is 8.27. The van der Waals surface area contributed by atoms with Crippen LogP contribution in [0.1, 0.15) is 19.4 Å². The lowest BCUT2D eigenvalue weighted by atomic mass is 10.2. The van der Waals surface area contributed by atoms with E-state index in [0.717, 1.165) is 16.7 Å². The molecule has 0 aliphatic carbocycles. The molecule has 0 bridgehead atoms. The number of thioether (sulfide) groups is 1. The summed E-state index contributed by atoms with van der Waals surface area (Å²) in [5, 5.41) is 7.96. The van der Waals surface area contributed by atoms with Crippen molar-refractivity contribution in [1.82, 2.24) is 4.90 Å². The molecule has 0 N–H and O–H groups in total. The summed E-state index contributed by atoms with van der Waals surface area (Å²) >= 11 is 0.772. The SMILES string of the molecule is CC(C)OC(=O)CN1C(=O)S/C(=C\c2ccc(OCC#N)cc2)C1=O. The van der Waals surface area contributed by atoms with Gasteiger partial charge < -0.3 is 9.47 Å². The Morgan fingerprint density at radius 3 is 2.60 bits per heavy atom. The third-order valence-corrected chi connectivity index (χ3v) is 3.92.